The molecule has 0 N–H and O–H groups in total. The lowest BCUT2D eigenvalue weighted by atomic mass is 10.1. The summed E-state index contributed by atoms with van der Waals surface area (Å²) >= 11 is 2.09. The van der Waals surface area contributed by atoms with Crippen molar-refractivity contribution in [2.45, 2.75) is 24.5 Å². The van der Waals surface area contributed by atoms with Crippen LogP contribution in [0, 0.1) is 0 Å². The van der Waals surface area contributed by atoms with E-state index < -0.39 is 0 Å². The zero-order valence-corrected chi connectivity index (χ0v) is 5.00. The van der Waals surface area contributed by atoms with E-state index in [9.17, 15) is 0 Å². The lowest BCUT2D eigenvalue weighted by Crippen LogP contribution is -1.90. The molecule has 0 spiro atoms. The van der Waals surface area contributed by atoms with Crippen LogP contribution in [0.5, 0.6) is 0 Å². The summed E-state index contributed by atoms with van der Waals surface area (Å²) in [4.78, 5) is 1.66. The quantitative estimate of drug-likeness (QED) is 0.463. The Bertz CT molecular complexity index is 115. The summed E-state index contributed by atoms with van der Waals surface area (Å²) < 4.78 is 0. The molecule has 0 aromatic carbocycles. The molecule has 2 aliphatic heterocycles. The van der Waals surface area contributed by atoms with Gasteiger partial charge in [0.1, 0.15) is 0 Å². The van der Waals surface area contributed by atoms with Crippen LogP contribution < -0.4 is 0 Å². The molecule has 2 aliphatic rings. The van der Waals surface area contributed by atoms with Crippen molar-refractivity contribution in [3.8, 4) is 0 Å². The number of allylic oxidation sites excluding steroid dienone is 2. The van der Waals surface area contributed by atoms with Crippen molar-refractivity contribution in [2.75, 3.05) is 0 Å². The normalized spacial score (nSPS) is 36.6. The van der Waals surface area contributed by atoms with Crippen LogP contribution in [0.2, 0.25) is 0 Å². The van der Waals surface area contributed by atoms with Gasteiger partial charge in [0.15, 0.2) is 0 Å². The Balaban J connectivity index is 2.30. The highest BCUT2D eigenvalue weighted by Gasteiger charge is 2.23. The smallest absolute Gasteiger partial charge is 0.0129 e. The first-order valence-electron chi connectivity index (χ1n) is 2.81. The van der Waals surface area contributed by atoms with E-state index in [1.165, 1.54) is 19.3 Å². The molecule has 2 bridgehead atoms. The lowest BCUT2D eigenvalue weighted by Gasteiger charge is -1.96. The maximum atomic E-state index is 2.39. The van der Waals surface area contributed by atoms with E-state index in [-0.39, 0.29) is 0 Å². The largest absolute Gasteiger partial charge is 0.127 e. The predicted molar refractivity (Wildman–Crippen MR) is 33.3 cm³/mol. The van der Waals surface area contributed by atoms with Gasteiger partial charge in [0.05, 0.1) is 0 Å². The predicted octanol–water partition coefficient (Wildman–Crippen LogP) is 2.17. The van der Waals surface area contributed by atoms with E-state index in [4.69, 9.17) is 0 Å². The van der Waals surface area contributed by atoms with Gasteiger partial charge in [-0.15, -0.1) is 11.8 Å². The first kappa shape index (κ1) is 4.02. The van der Waals surface area contributed by atoms with Gasteiger partial charge in [-0.2, -0.15) is 0 Å². The topological polar surface area (TPSA) is 0 Å². The van der Waals surface area contributed by atoms with Crippen LogP contribution in [0.1, 0.15) is 19.3 Å². The first-order chi connectivity index (χ1) is 3.45. The average molecular weight is 112 g/mol. The van der Waals surface area contributed by atoms with Crippen LogP contribution in [-0.2, 0) is 0 Å². The maximum absolute atomic E-state index is 2.39. The summed E-state index contributed by atoms with van der Waals surface area (Å²) in [6, 6.07) is 0. The minimum Gasteiger partial charge on any atom is -0.127 e. The Hall–Kier alpha value is 0.0900. The Labute approximate surface area is 48.0 Å². The third-order valence-corrected chi connectivity index (χ3v) is 3.07. The fraction of sp³-hybridized carbons (Fsp3) is 0.667. The van der Waals surface area contributed by atoms with Gasteiger partial charge in [-0.3, -0.25) is 0 Å². The van der Waals surface area contributed by atoms with Crippen molar-refractivity contribution in [1.82, 2.24) is 0 Å². The molecule has 1 atom stereocenters. The van der Waals surface area contributed by atoms with Crippen molar-refractivity contribution in [1.29, 1.82) is 0 Å². The molecule has 0 nitrogen and oxygen atoms in total. The van der Waals surface area contributed by atoms with Gasteiger partial charge in [-0.05, 0) is 24.2 Å². The minimum absolute atomic E-state index is 0.995. The van der Waals surface area contributed by atoms with Gasteiger partial charge >= 0.3 is 0 Å². The van der Waals surface area contributed by atoms with Crippen molar-refractivity contribution < 1.29 is 0 Å². The molecule has 1 saturated heterocycles. The van der Waals surface area contributed by atoms with Crippen LogP contribution in [-0.4, -0.2) is 5.25 Å². The number of hydrogen-bond acceptors (Lipinski definition) is 1. The minimum atomic E-state index is 0.995. The zero-order chi connectivity index (χ0) is 4.69. The molecule has 2 rings (SSSR count). The van der Waals surface area contributed by atoms with Crippen LogP contribution in [0.4, 0.5) is 0 Å². The molecule has 1 fully saturated rings. The summed E-state index contributed by atoms with van der Waals surface area (Å²) in [5.74, 6) is 0. The van der Waals surface area contributed by atoms with E-state index in [2.05, 4.69) is 17.8 Å². The van der Waals surface area contributed by atoms with Gasteiger partial charge < -0.3 is 0 Å². The molecule has 38 valence electrons. The summed E-state index contributed by atoms with van der Waals surface area (Å²) in [5, 5.41) is 0.995. The van der Waals surface area contributed by atoms with E-state index >= 15 is 0 Å². The number of thioether (sulfide) groups is 1. The Kier molecular flexibility index (Phi) is 0.736. The van der Waals surface area contributed by atoms with Gasteiger partial charge in [-0.1, -0.05) is 6.08 Å². The third kappa shape index (κ3) is 0.513. The fourth-order valence-corrected chi connectivity index (χ4v) is 2.50. The van der Waals surface area contributed by atoms with E-state index in [0.717, 1.165) is 5.25 Å². The summed E-state index contributed by atoms with van der Waals surface area (Å²) in [6.45, 7) is 0. The van der Waals surface area contributed by atoms with Crippen molar-refractivity contribution in [3.05, 3.63) is 11.0 Å². The molecule has 1 unspecified atom stereocenters. The van der Waals surface area contributed by atoms with Gasteiger partial charge in [0.2, 0.25) is 0 Å². The number of hydrogen-bond donors (Lipinski definition) is 0. The standard InChI is InChI=1S/C6H8S/c1-2-6-4-3-5(1)7-6/h1,6H,2-4H2. The molecule has 0 radical (unpaired) electrons. The third-order valence-electron chi connectivity index (χ3n) is 1.64. The highest BCUT2D eigenvalue weighted by Crippen LogP contribution is 2.44. The molecular weight excluding hydrogens is 104 g/mol. The van der Waals surface area contributed by atoms with E-state index in [0.29, 0.717) is 0 Å². The fourth-order valence-electron chi connectivity index (χ4n) is 1.21. The van der Waals surface area contributed by atoms with E-state index in [1.54, 1.807) is 4.91 Å². The highest BCUT2D eigenvalue weighted by molar-refractivity contribution is 8.04. The molecule has 2 heterocycles. The second kappa shape index (κ2) is 1.28. The van der Waals surface area contributed by atoms with Gasteiger partial charge in [0.25, 0.3) is 0 Å². The number of rotatable bonds is 0. The van der Waals surface area contributed by atoms with Gasteiger partial charge in [-0.25, -0.2) is 0 Å². The SMILES string of the molecule is C1=C2CCC(C1)S2. The van der Waals surface area contributed by atoms with Crippen LogP contribution in [0.15, 0.2) is 11.0 Å². The summed E-state index contributed by atoms with van der Waals surface area (Å²) in [5.41, 5.74) is 0. The van der Waals surface area contributed by atoms with Crippen molar-refractivity contribution in [3.63, 3.8) is 0 Å². The monoisotopic (exact) mass is 112 g/mol. The van der Waals surface area contributed by atoms with Crippen molar-refractivity contribution in [2.24, 2.45) is 0 Å². The van der Waals surface area contributed by atoms with Crippen LogP contribution in [0.3, 0.4) is 0 Å². The van der Waals surface area contributed by atoms with Crippen molar-refractivity contribution >= 4 is 11.8 Å². The second-order valence-corrected chi connectivity index (χ2v) is 3.61. The lowest BCUT2D eigenvalue weighted by molar-refractivity contribution is 0.777. The highest BCUT2D eigenvalue weighted by atomic mass is 32.2. The molecule has 0 aromatic rings. The van der Waals surface area contributed by atoms with Crippen LogP contribution >= 0.6 is 11.8 Å². The van der Waals surface area contributed by atoms with Gasteiger partial charge in [0, 0.05) is 5.25 Å². The molecule has 0 aromatic heterocycles. The average Bonchev–Trinajstić information content (AvgIpc) is 2.22. The molecular formula is C6H8S. The Morgan fingerprint density at radius 2 is 2.71 bits per heavy atom. The zero-order valence-electron chi connectivity index (χ0n) is 4.18. The molecule has 1 heteroatoms. The molecule has 7 heavy (non-hydrogen) atoms. The summed E-state index contributed by atoms with van der Waals surface area (Å²) in [7, 11) is 0. The Morgan fingerprint density at radius 3 is 2.86 bits per heavy atom. The second-order valence-electron chi connectivity index (χ2n) is 2.18. The number of fused-ring (bicyclic) bond motifs is 2. The Morgan fingerprint density at radius 1 is 1.71 bits per heavy atom. The van der Waals surface area contributed by atoms with Crippen LogP contribution in [0.25, 0.3) is 0 Å². The van der Waals surface area contributed by atoms with E-state index in [1.807, 2.05) is 0 Å². The maximum Gasteiger partial charge on any atom is 0.0129 e. The summed E-state index contributed by atoms with van der Waals surface area (Å²) in [6.07, 6.45) is 6.59. The molecule has 0 amide bonds. The molecule has 0 saturated carbocycles. The first-order valence-corrected chi connectivity index (χ1v) is 3.69. The molecule has 0 aliphatic carbocycles.